The first kappa shape index (κ1) is 13.8. The van der Waals surface area contributed by atoms with E-state index in [0.29, 0.717) is 5.75 Å². The number of hydrogen-bond donors (Lipinski definition) is 0. The van der Waals surface area contributed by atoms with E-state index in [1.165, 1.54) is 12.1 Å². The number of benzene rings is 3. The van der Waals surface area contributed by atoms with Crippen LogP contribution < -0.4 is 9.47 Å². The lowest BCUT2D eigenvalue weighted by Gasteiger charge is -2.29. The average molecular weight is 306 g/mol. The van der Waals surface area contributed by atoms with Crippen molar-refractivity contribution in [2.45, 2.75) is 6.10 Å². The second-order valence-electron chi connectivity index (χ2n) is 5.50. The zero-order chi connectivity index (χ0) is 15.8. The van der Waals surface area contributed by atoms with Crippen LogP contribution in [0, 0.1) is 5.82 Å². The molecule has 0 radical (unpaired) electrons. The Kier molecular flexibility index (Phi) is 3.27. The molecule has 3 heteroatoms. The van der Waals surface area contributed by atoms with Crippen LogP contribution in [0.3, 0.4) is 0 Å². The van der Waals surface area contributed by atoms with Crippen LogP contribution in [0.5, 0.6) is 11.5 Å². The van der Waals surface area contributed by atoms with E-state index in [4.69, 9.17) is 9.47 Å². The zero-order valence-corrected chi connectivity index (χ0v) is 12.6. The van der Waals surface area contributed by atoms with Gasteiger partial charge in [0.25, 0.3) is 0 Å². The molecule has 0 aliphatic carbocycles. The van der Waals surface area contributed by atoms with Gasteiger partial charge in [-0.1, -0.05) is 36.4 Å². The molecule has 114 valence electrons. The summed E-state index contributed by atoms with van der Waals surface area (Å²) in [6, 6.07) is 20.5. The first-order chi connectivity index (χ1) is 11.3. The van der Waals surface area contributed by atoms with Gasteiger partial charge in [-0.3, -0.25) is 0 Å². The van der Waals surface area contributed by atoms with Crippen molar-refractivity contribution in [2.75, 3.05) is 7.11 Å². The van der Waals surface area contributed by atoms with Gasteiger partial charge in [-0.25, -0.2) is 4.39 Å². The Hall–Kier alpha value is -2.81. The molecule has 1 atom stereocenters. The molecule has 1 aliphatic rings. The van der Waals surface area contributed by atoms with E-state index in [9.17, 15) is 4.39 Å². The molecule has 0 bridgehead atoms. The molecule has 0 amide bonds. The molecule has 2 nitrogen and oxygen atoms in total. The Bertz CT molecular complexity index is 856. The van der Waals surface area contributed by atoms with Crippen molar-refractivity contribution in [1.29, 1.82) is 0 Å². The highest BCUT2D eigenvalue weighted by Gasteiger charge is 2.27. The van der Waals surface area contributed by atoms with Crippen LogP contribution in [0.15, 0.2) is 66.7 Å². The third kappa shape index (κ3) is 2.34. The molecule has 23 heavy (non-hydrogen) atoms. The molecule has 4 rings (SSSR count). The second kappa shape index (κ2) is 5.43. The summed E-state index contributed by atoms with van der Waals surface area (Å²) >= 11 is 0. The fourth-order valence-electron chi connectivity index (χ4n) is 3.00. The molecule has 0 saturated heterocycles. The topological polar surface area (TPSA) is 18.5 Å². The number of hydrogen-bond acceptors (Lipinski definition) is 2. The summed E-state index contributed by atoms with van der Waals surface area (Å²) in [7, 11) is 1.64. The second-order valence-corrected chi connectivity index (χ2v) is 5.50. The summed E-state index contributed by atoms with van der Waals surface area (Å²) in [5.74, 6) is 1.07. The summed E-state index contributed by atoms with van der Waals surface area (Å²) < 4.78 is 24.9. The maximum absolute atomic E-state index is 13.6. The highest BCUT2D eigenvalue weighted by molar-refractivity contribution is 5.76. The van der Waals surface area contributed by atoms with Crippen molar-refractivity contribution in [2.24, 2.45) is 0 Å². The fourth-order valence-corrected chi connectivity index (χ4v) is 3.00. The maximum Gasteiger partial charge on any atom is 0.149 e. The number of ether oxygens (including phenoxy) is 2. The van der Waals surface area contributed by atoms with Gasteiger partial charge in [0, 0.05) is 17.2 Å². The highest BCUT2D eigenvalue weighted by atomic mass is 19.1. The number of halogens is 1. The van der Waals surface area contributed by atoms with Gasteiger partial charge in [-0.15, -0.1) is 0 Å². The van der Waals surface area contributed by atoms with Gasteiger partial charge in [0.1, 0.15) is 23.4 Å². The smallest absolute Gasteiger partial charge is 0.149 e. The van der Waals surface area contributed by atoms with Crippen LogP contribution >= 0.6 is 0 Å². The molecular formula is C20H15FO2. The molecule has 3 aromatic rings. The van der Waals surface area contributed by atoms with E-state index in [0.717, 1.165) is 28.0 Å². The quantitative estimate of drug-likeness (QED) is 0.664. The minimum atomic E-state index is -0.295. The number of rotatable bonds is 2. The predicted octanol–water partition coefficient (Wildman–Crippen LogP) is 4.98. The molecule has 0 spiro atoms. The lowest BCUT2D eigenvalue weighted by Crippen LogP contribution is -2.15. The van der Waals surface area contributed by atoms with Gasteiger partial charge in [0.2, 0.25) is 0 Å². The van der Waals surface area contributed by atoms with Crippen LogP contribution in [0.4, 0.5) is 4.39 Å². The Morgan fingerprint density at radius 3 is 2.48 bits per heavy atom. The molecule has 1 aliphatic heterocycles. The van der Waals surface area contributed by atoms with Crippen molar-refractivity contribution in [3.05, 3.63) is 83.7 Å². The van der Waals surface area contributed by atoms with Gasteiger partial charge in [-0.05, 0) is 35.4 Å². The van der Waals surface area contributed by atoms with Crippen LogP contribution in [0.2, 0.25) is 0 Å². The van der Waals surface area contributed by atoms with Gasteiger partial charge in [-0.2, -0.15) is 0 Å². The zero-order valence-electron chi connectivity index (χ0n) is 12.6. The number of methoxy groups -OCH3 is 1. The highest BCUT2D eigenvalue weighted by Crippen LogP contribution is 2.44. The van der Waals surface area contributed by atoms with Gasteiger partial charge >= 0.3 is 0 Å². The minimum absolute atomic E-state index is 0.258. The standard InChI is InChI=1S/C20H15FO2/c1-22-15-9-6-13(7-10-15)20-18-5-3-2-4-16(18)17-11-8-14(21)12-19(17)23-20/h2-12,20H,1H3/t20-/m1/s1. The third-order valence-corrected chi connectivity index (χ3v) is 4.14. The summed E-state index contributed by atoms with van der Waals surface area (Å²) in [5.41, 5.74) is 4.09. The van der Waals surface area contributed by atoms with E-state index in [2.05, 4.69) is 6.07 Å². The summed E-state index contributed by atoms with van der Waals surface area (Å²) in [5, 5.41) is 0. The van der Waals surface area contributed by atoms with Gasteiger partial charge < -0.3 is 9.47 Å². The first-order valence-corrected chi connectivity index (χ1v) is 7.46. The normalized spacial score (nSPS) is 15.3. The Morgan fingerprint density at radius 1 is 0.913 bits per heavy atom. The van der Waals surface area contributed by atoms with Crippen molar-refractivity contribution < 1.29 is 13.9 Å². The molecule has 3 aromatic carbocycles. The van der Waals surface area contributed by atoms with E-state index in [1.54, 1.807) is 13.2 Å². The van der Waals surface area contributed by atoms with Gasteiger partial charge in [0.15, 0.2) is 0 Å². The Morgan fingerprint density at radius 2 is 1.70 bits per heavy atom. The molecule has 0 fully saturated rings. The molecule has 1 heterocycles. The van der Waals surface area contributed by atoms with E-state index < -0.39 is 0 Å². The van der Waals surface area contributed by atoms with E-state index in [-0.39, 0.29) is 11.9 Å². The average Bonchev–Trinajstić information content (AvgIpc) is 2.61. The third-order valence-electron chi connectivity index (χ3n) is 4.14. The largest absolute Gasteiger partial charge is 0.497 e. The van der Waals surface area contributed by atoms with Crippen LogP contribution in [0.25, 0.3) is 11.1 Å². The monoisotopic (exact) mass is 306 g/mol. The lowest BCUT2D eigenvalue weighted by atomic mass is 9.90. The van der Waals surface area contributed by atoms with E-state index in [1.807, 2.05) is 42.5 Å². The molecule has 0 saturated carbocycles. The Balaban J connectivity index is 1.85. The van der Waals surface area contributed by atoms with E-state index >= 15 is 0 Å². The van der Waals surface area contributed by atoms with Crippen LogP contribution in [-0.2, 0) is 0 Å². The number of fused-ring (bicyclic) bond motifs is 3. The van der Waals surface area contributed by atoms with Crippen molar-refractivity contribution in [3.63, 3.8) is 0 Å². The van der Waals surface area contributed by atoms with Crippen molar-refractivity contribution in [1.82, 2.24) is 0 Å². The maximum atomic E-state index is 13.6. The van der Waals surface area contributed by atoms with Crippen LogP contribution in [0.1, 0.15) is 17.2 Å². The first-order valence-electron chi connectivity index (χ1n) is 7.46. The fraction of sp³-hybridized carbons (Fsp3) is 0.100. The van der Waals surface area contributed by atoms with Crippen molar-refractivity contribution in [3.8, 4) is 22.6 Å². The molecule has 0 unspecified atom stereocenters. The molecular weight excluding hydrogens is 291 g/mol. The lowest BCUT2D eigenvalue weighted by molar-refractivity contribution is 0.242. The molecule has 0 aromatic heterocycles. The Labute approximate surface area is 134 Å². The minimum Gasteiger partial charge on any atom is -0.497 e. The van der Waals surface area contributed by atoms with Gasteiger partial charge in [0.05, 0.1) is 7.11 Å². The van der Waals surface area contributed by atoms with Crippen molar-refractivity contribution >= 4 is 0 Å². The molecule has 0 N–H and O–H groups in total. The SMILES string of the molecule is COc1ccc([C@H]2Oc3cc(F)ccc3-c3ccccc32)cc1. The van der Waals surface area contributed by atoms with Crippen LogP contribution in [-0.4, -0.2) is 7.11 Å². The summed E-state index contributed by atoms with van der Waals surface area (Å²) in [6.45, 7) is 0. The summed E-state index contributed by atoms with van der Waals surface area (Å²) in [4.78, 5) is 0. The predicted molar refractivity (Wildman–Crippen MR) is 87.3 cm³/mol. The summed E-state index contributed by atoms with van der Waals surface area (Å²) in [6.07, 6.45) is -0.258.